The summed E-state index contributed by atoms with van der Waals surface area (Å²) in [6, 6.07) is 6.13. The van der Waals surface area contributed by atoms with Crippen LogP contribution in [0.25, 0.3) is 6.08 Å². The van der Waals surface area contributed by atoms with Crippen LogP contribution in [0.15, 0.2) is 18.2 Å². The maximum atomic E-state index is 8.45. The number of nitrogens with one attached hydrogen (secondary N) is 1. The van der Waals surface area contributed by atoms with Crippen LogP contribution in [-0.2, 0) is 0 Å². The number of benzene rings is 1. The quantitative estimate of drug-likeness (QED) is 0.622. The molecule has 0 spiro atoms. The van der Waals surface area contributed by atoms with Crippen molar-refractivity contribution < 1.29 is 0 Å². The number of hydrogen-bond acceptors (Lipinski definition) is 3. The van der Waals surface area contributed by atoms with E-state index in [0.29, 0.717) is 0 Å². The number of allylic oxidation sites excluding steroid dienone is 1. The van der Waals surface area contributed by atoms with E-state index in [1.165, 1.54) is 17.2 Å². The third-order valence-corrected chi connectivity index (χ3v) is 2.52. The maximum Gasteiger partial charge on any atom is 0.0912 e. The Kier molecular flexibility index (Phi) is 4.26. The molecule has 1 aromatic carbocycles. The number of hydrogen-bond donors (Lipinski definition) is 1. The molecule has 0 aliphatic rings. The first-order chi connectivity index (χ1) is 7.19. The van der Waals surface area contributed by atoms with Crippen molar-refractivity contribution >= 4 is 23.7 Å². The predicted molar refractivity (Wildman–Crippen MR) is 67.7 cm³/mol. The molecule has 3 heteroatoms. The highest BCUT2D eigenvalue weighted by Crippen LogP contribution is 2.24. The van der Waals surface area contributed by atoms with Crippen LogP contribution in [0, 0.1) is 25.2 Å². The Bertz CT molecular complexity index is 393. The molecule has 1 N–H and O–H groups in total. The second kappa shape index (κ2) is 5.47. The zero-order valence-electron chi connectivity index (χ0n) is 9.16. The highest BCUT2D eigenvalue weighted by atomic mass is 32.2. The lowest BCUT2D eigenvalue weighted by molar-refractivity contribution is 1.38. The van der Waals surface area contributed by atoms with Gasteiger partial charge in [0.2, 0.25) is 0 Å². The molecule has 0 atom stereocenters. The molecule has 0 bridgehead atoms. The minimum absolute atomic E-state index is 1.07. The summed E-state index contributed by atoms with van der Waals surface area (Å²) in [5.41, 5.74) is 4.62. The highest BCUT2D eigenvalue weighted by Gasteiger charge is 2.02. The monoisotopic (exact) mass is 218 g/mol. The molecule has 2 nitrogen and oxygen atoms in total. The van der Waals surface area contributed by atoms with Gasteiger partial charge >= 0.3 is 0 Å². The zero-order valence-corrected chi connectivity index (χ0v) is 9.98. The van der Waals surface area contributed by atoms with Crippen LogP contribution in [0.4, 0.5) is 5.69 Å². The molecule has 0 unspecified atom stereocenters. The molecule has 0 saturated heterocycles. The summed E-state index contributed by atoms with van der Waals surface area (Å²) in [6.45, 7) is 4.13. The topological polar surface area (TPSA) is 35.8 Å². The fourth-order valence-electron chi connectivity index (χ4n) is 1.49. The number of nitrogens with zero attached hydrogens (tertiary/aromatic N) is 1. The van der Waals surface area contributed by atoms with Crippen molar-refractivity contribution in [2.75, 3.05) is 11.0 Å². The average Bonchev–Trinajstić information content (AvgIpc) is 2.20. The molecule has 0 aromatic heterocycles. The summed E-state index contributed by atoms with van der Waals surface area (Å²) in [7, 11) is 0. The Balaban J connectivity index is 3.09. The van der Waals surface area contributed by atoms with Crippen molar-refractivity contribution in [1.29, 1.82) is 5.26 Å². The van der Waals surface area contributed by atoms with Crippen LogP contribution in [-0.4, -0.2) is 6.26 Å². The van der Waals surface area contributed by atoms with Crippen molar-refractivity contribution in [3.05, 3.63) is 34.9 Å². The van der Waals surface area contributed by atoms with Gasteiger partial charge in [0.25, 0.3) is 0 Å². The lowest BCUT2D eigenvalue weighted by Crippen LogP contribution is -1.93. The van der Waals surface area contributed by atoms with E-state index in [1.54, 1.807) is 11.9 Å². The lowest BCUT2D eigenvalue weighted by atomic mass is 10.0. The maximum absolute atomic E-state index is 8.45. The molecular weight excluding hydrogens is 204 g/mol. The van der Waals surface area contributed by atoms with Gasteiger partial charge in [0.15, 0.2) is 0 Å². The second-order valence-electron chi connectivity index (χ2n) is 3.30. The fraction of sp³-hybridized carbons (Fsp3) is 0.250. The van der Waals surface area contributed by atoms with E-state index >= 15 is 0 Å². The molecule has 0 fully saturated rings. The van der Waals surface area contributed by atoms with E-state index in [2.05, 4.69) is 30.7 Å². The van der Waals surface area contributed by atoms with Crippen LogP contribution in [0.3, 0.4) is 0 Å². The minimum atomic E-state index is 1.07. The summed E-state index contributed by atoms with van der Waals surface area (Å²) < 4.78 is 3.25. The van der Waals surface area contributed by atoms with Gasteiger partial charge in [-0.1, -0.05) is 11.9 Å². The van der Waals surface area contributed by atoms with E-state index < -0.39 is 0 Å². The third-order valence-electron chi connectivity index (χ3n) is 2.11. The van der Waals surface area contributed by atoms with E-state index in [1.807, 2.05) is 18.4 Å². The number of rotatable bonds is 3. The Hall–Kier alpha value is -1.40. The summed E-state index contributed by atoms with van der Waals surface area (Å²) in [6.07, 6.45) is 5.32. The molecule has 0 heterocycles. The molecule has 0 amide bonds. The number of anilines is 1. The van der Waals surface area contributed by atoms with Gasteiger partial charge in [-0.05, 0) is 48.7 Å². The Morgan fingerprint density at radius 1 is 1.33 bits per heavy atom. The minimum Gasteiger partial charge on any atom is -0.329 e. The fourth-order valence-corrected chi connectivity index (χ4v) is 2.02. The van der Waals surface area contributed by atoms with Gasteiger partial charge in [-0.15, -0.1) is 0 Å². The van der Waals surface area contributed by atoms with Crippen LogP contribution in [0.1, 0.15) is 16.7 Å². The summed E-state index contributed by atoms with van der Waals surface area (Å²) >= 11 is 1.59. The van der Waals surface area contributed by atoms with Crippen LogP contribution in [0.5, 0.6) is 0 Å². The predicted octanol–water partition coefficient (Wildman–Crippen LogP) is 3.53. The average molecular weight is 218 g/mol. The lowest BCUT2D eigenvalue weighted by Gasteiger charge is -2.11. The van der Waals surface area contributed by atoms with Gasteiger partial charge in [-0.3, -0.25) is 0 Å². The van der Waals surface area contributed by atoms with Gasteiger partial charge in [0.1, 0.15) is 0 Å². The molecule has 0 aliphatic carbocycles. The van der Waals surface area contributed by atoms with Gasteiger partial charge in [-0.2, -0.15) is 5.26 Å². The Labute approximate surface area is 95.1 Å². The molecular formula is C12H14N2S. The van der Waals surface area contributed by atoms with Crippen LogP contribution >= 0.6 is 11.9 Å². The van der Waals surface area contributed by atoms with E-state index in [4.69, 9.17) is 5.26 Å². The number of nitriles is 1. The van der Waals surface area contributed by atoms with Crippen molar-refractivity contribution in [2.45, 2.75) is 13.8 Å². The van der Waals surface area contributed by atoms with Gasteiger partial charge in [0.05, 0.1) is 6.07 Å². The van der Waals surface area contributed by atoms with Crippen molar-refractivity contribution in [2.24, 2.45) is 0 Å². The second-order valence-corrected chi connectivity index (χ2v) is 3.91. The molecule has 0 saturated carbocycles. The largest absolute Gasteiger partial charge is 0.329 e. The van der Waals surface area contributed by atoms with Crippen molar-refractivity contribution in [3.8, 4) is 6.07 Å². The first-order valence-corrected chi connectivity index (χ1v) is 5.88. The summed E-state index contributed by atoms with van der Waals surface area (Å²) in [5.74, 6) is 0. The SMILES string of the molecule is CSNc1c(C)cc(/C=C/C#N)cc1C. The molecule has 78 valence electrons. The zero-order chi connectivity index (χ0) is 11.3. The molecule has 0 radical (unpaired) electrons. The normalized spacial score (nSPS) is 10.3. The Morgan fingerprint density at radius 2 is 1.93 bits per heavy atom. The standard InChI is InChI=1S/C12H14N2S/c1-9-7-11(5-4-6-13)8-10(2)12(9)14-15-3/h4-5,7-8,14H,1-3H3/b5-4+. The van der Waals surface area contributed by atoms with E-state index in [0.717, 1.165) is 11.3 Å². The molecule has 1 aromatic rings. The Morgan fingerprint density at radius 3 is 2.40 bits per heavy atom. The van der Waals surface area contributed by atoms with Gasteiger partial charge in [0, 0.05) is 18.0 Å². The number of aryl methyl sites for hydroxylation is 2. The first-order valence-electron chi connectivity index (χ1n) is 4.65. The van der Waals surface area contributed by atoms with E-state index in [-0.39, 0.29) is 0 Å². The highest BCUT2D eigenvalue weighted by molar-refractivity contribution is 7.99. The smallest absolute Gasteiger partial charge is 0.0912 e. The van der Waals surface area contributed by atoms with Crippen molar-refractivity contribution in [3.63, 3.8) is 0 Å². The molecule has 15 heavy (non-hydrogen) atoms. The first kappa shape index (κ1) is 11.7. The van der Waals surface area contributed by atoms with Crippen LogP contribution in [0.2, 0.25) is 0 Å². The van der Waals surface area contributed by atoms with Gasteiger partial charge in [-0.25, -0.2) is 0 Å². The van der Waals surface area contributed by atoms with Crippen LogP contribution < -0.4 is 4.72 Å². The summed E-state index contributed by atoms with van der Waals surface area (Å²) in [4.78, 5) is 0. The molecule has 1 rings (SSSR count). The summed E-state index contributed by atoms with van der Waals surface area (Å²) in [5, 5.41) is 8.45. The van der Waals surface area contributed by atoms with Gasteiger partial charge < -0.3 is 4.72 Å². The van der Waals surface area contributed by atoms with Crippen molar-refractivity contribution in [1.82, 2.24) is 0 Å². The molecule has 0 aliphatic heterocycles. The van der Waals surface area contributed by atoms with E-state index in [9.17, 15) is 0 Å². The third kappa shape index (κ3) is 3.03.